The molecule has 1 atom stereocenters. The molecule has 0 saturated heterocycles. The van der Waals surface area contributed by atoms with Gasteiger partial charge in [0.05, 0.1) is 17.0 Å². The molecule has 1 amide bonds. The van der Waals surface area contributed by atoms with Crippen molar-refractivity contribution in [2.75, 3.05) is 5.32 Å². The Morgan fingerprint density at radius 1 is 1.45 bits per heavy atom. The normalized spacial score (nSPS) is 12.3. The fourth-order valence-electron chi connectivity index (χ4n) is 1.66. The number of nitro benzene ring substituents is 1. The van der Waals surface area contributed by atoms with Crippen molar-refractivity contribution in [3.05, 3.63) is 33.9 Å². The van der Waals surface area contributed by atoms with Gasteiger partial charge in [0.25, 0.3) is 5.69 Å². The van der Waals surface area contributed by atoms with Gasteiger partial charge in [0.1, 0.15) is 5.82 Å². The Labute approximate surface area is 114 Å². The molecular weight excluding hydrogens is 272 g/mol. The van der Waals surface area contributed by atoms with Gasteiger partial charge in [0.2, 0.25) is 5.91 Å². The molecule has 0 bridgehead atoms. The number of amides is 1. The van der Waals surface area contributed by atoms with Crippen molar-refractivity contribution in [1.82, 2.24) is 0 Å². The Balaban J connectivity index is 3.03. The van der Waals surface area contributed by atoms with E-state index in [1.54, 1.807) is 0 Å². The maximum absolute atomic E-state index is 13.6. The van der Waals surface area contributed by atoms with Crippen molar-refractivity contribution < 1.29 is 18.5 Å². The first-order valence-electron chi connectivity index (χ1n) is 5.92. The van der Waals surface area contributed by atoms with E-state index in [0.29, 0.717) is 18.6 Å². The van der Waals surface area contributed by atoms with Gasteiger partial charge in [-0.3, -0.25) is 14.9 Å². The third-order valence-electron chi connectivity index (χ3n) is 2.54. The van der Waals surface area contributed by atoms with Crippen molar-refractivity contribution in [1.29, 1.82) is 0 Å². The van der Waals surface area contributed by atoms with E-state index in [0.717, 1.165) is 0 Å². The van der Waals surface area contributed by atoms with Gasteiger partial charge in [0, 0.05) is 6.07 Å². The molecule has 0 spiro atoms. The number of hydrogen-bond donors (Lipinski definition) is 2. The second-order valence-corrected chi connectivity index (χ2v) is 4.76. The molecule has 20 heavy (non-hydrogen) atoms. The lowest BCUT2D eigenvalue weighted by Crippen LogP contribution is -2.37. The Hall–Kier alpha value is -2.09. The van der Waals surface area contributed by atoms with Gasteiger partial charge in [-0.2, -0.15) is 0 Å². The molecule has 0 unspecified atom stereocenters. The predicted molar refractivity (Wildman–Crippen MR) is 69.1 cm³/mol. The zero-order valence-corrected chi connectivity index (χ0v) is 11.0. The van der Waals surface area contributed by atoms with E-state index in [-0.39, 0.29) is 5.92 Å². The molecule has 0 aliphatic heterocycles. The Kier molecular flexibility index (Phi) is 5.09. The lowest BCUT2D eigenvalue weighted by molar-refractivity contribution is -0.384. The van der Waals surface area contributed by atoms with Crippen LogP contribution in [0, 0.1) is 27.7 Å². The number of nitro groups is 1. The van der Waals surface area contributed by atoms with Crippen LogP contribution >= 0.6 is 0 Å². The number of anilines is 1. The van der Waals surface area contributed by atoms with Crippen LogP contribution < -0.4 is 11.1 Å². The summed E-state index contributed by atoms with van der Waals surface area (Å²) in [4.78, 5) is 21.5. The lowest BCUT2D eigenvalue weighted by Gasteiger charge is -2.14. The summed E-state index contributed by atoms with van der Waals surface area (Å²) < 4.78 is 26.5. The van der Waals surface area contributed by atoms with E-state index in [9.17, 15) is 23.7 Å². The summed E-state index contributed by atoms with van der Waals surface area (Å²) in [6.07, 6.45) is 0.336. The summed E-state index contributed by atoms with van der Waals surface area (Å²) in [7, 11) is 0. The van der Waals surface area contributed by atoms with Gasteiger partial charge in [-0.05, 0) is 12.3 Å². The zero-order valence-electron chi connectivity index (χ0n) is 11.0. The van der Waals surface area contributed by atoms with Gasteiger partial charge in [0.15, 0.2) is 11.5 Å². The van der Waals surface area contributed by atoms with Gasteiger partial charge in [-0.1, -0.05) is 13.8 Å². The third kappa shape index (κ3) is 3.95. The molecule has 0 aliphatic carbocycles. The molecule has 0 aromatic heterocycles. The van der Waals surface area contributed by atoms with E-state index in [4.69, 9.17) is 5.73 Å². The maximum atomic E-state index is 13.6. The van der Waals surface area contributed by atoms with Crippen molar-refractivity contribution in [2.45, 2.75) is 26.3 Å². The number of carbonyl (C=O) groups is 1. The van der Waals surface area contributed by atoms with Gasteiger partial charge >= 0.3 is 0 Å². The molecule has 0 heterocycles. The third-order valence-corrected chi connectivity index (χ3v) is 2.54. The predicted octanol–water partition coefficient (Wildman–Crippen LogP) is 2.18. The van der Waals surface area contributed by atoms with E-state index in [1.165, 1.54) is 0 Å². The van der Waals surface area contributed by atoms with E-state index in [2.05, 4.69) is 0 Å². The van der Waals surface area contributed by atoms with Crippen LogP contribution in [0.25, 0.3) is 0 Å². The second kappa shape index (κ2) is 6.38. The molecule has 0 aliphatic rings. The molecule has 1 aromatic carbocycles. The van der Waals surface area contributed by atoms with E-state index in [1.807, 2.05) is 19.2 Å². The quantitative estimate of drug-likeness (QED) is 0.640. The number of rotatable bonds is 5. The minimum Gasteiger partial charge on any atom is -0.320 e. The highest BCUT2D eigenvalue weighted by molar-refractivity contribution is 5.96. The molecule has 0 saturated carbocycles. The molecule has 6 nitrogen and oxygen atoms in total. The number of nitrogens with two attached hydrogens (primary N) is 1. The standard InChI is InChI=1S/C12H15F2N3O3/c1-6(2)3-9(15)12(18)16-11-8(14)4-7(13)5-10(11)17(19)20/h4-6,9H,3,15H2,1-2H3,(H,16,18)/t9-/m0/s1. The summed E-state index contributed by atoms with van der Waals surface area (Å²) in [6, 6.07) is 0.0579. The number of hydrogen-bond acceptors (Lipinski definition) is 4. The molecule has 1 aromatic rings. The van der Waals surface area contributed by atoms with Crippen LogP contribution in [0.1, 0.15) is 20.3 Å². The van der Waals surface area contributed by atoms with Crippen molar-refractivity contribution in [3.8, 4) is 0 Å². The minimum absolute atomic E-state index is 0.129. The molecular formula is C12H15F2N3O3. The summed E-state index contributed by atoms with van der Waals surface area (Å²) in [5.74, 6) is -2.95. The largest absolute Gasteiger partial charge is 0.320 e. The van der Waals surface area contributed by atoms with E-state index < -0.39 is 39.9 Å². The Morgan fingerprint density at radius 3 is 2.55 bits per heavy atom. The van der Waals surface area contributed by atoms with Crippen LogP contribution in [0.5, 0.6) is 0 Å². The van der Waals surface area contributed by atoms with Crippen molar-refractivity contribution in [3.63, 3.8) is 0 Å². The first-order chi connectivity index (χ1) is 9.22. The summed E-state index contributed by atoms with van der Waals surface area (Å²) in [6.45, 7) is 3.68. The maximum Gasteiger partial charge on any atom is 0.298 e. The smallest absolute Gasteiger partial charge is 0.298 e. The molecule has 0 fully saturated rings. The van der Waals surface area contributed by atoms with Crippen molar-refractivity contribution >= 4 is 17.3 Å². The Morgan fingerprint density at radius 2 is 2.05 bits per heavy atom. The van der Waals surface area contributed by atoms with Gasteiger partial charge in [-0.25, -0.2) is 8.78 Å². The molecule has 110 valence electrons. The number of benzene rings is 1. The monoisotopic (exact) mass is 287 g/mol. The highest BCUT2D eigenvalue weighted by Crippen LogP contribution is 2.28. The fraction of sp³-hybridized carbons (Fsp3) is 0.417. The molecule has 8 heteroatoms. The van der Waals surface area contributed by atoms with Crippen LogP contribution in [0.2, 0.25) is 0 Å². The molecule has 0 radical (unpaired) electrons. The van der Waals surface area contributed by atoms with Gasteiger partial charge in [-0.15, -0.1) is 0 Å². The highest BCUT2D eigenvalue weighted by atomic mass is 19.1. The Bertz CT molecular complexity index is 535. The summed E-state index contributed by atoms with van der Waals surface area (Å²) >= 11 is 0. The van der Waals surface area contributed by atoms with Crippen LogP contribution in [-0.4, -0.2) is 16.9 Å². The SMILES string of the molecule is CC(C)C[C@H](N)C(=O)Nc1c(F)cc(F)cc1[N+](=O)[O-]. The number of nitrogens with zero attached hydrogens (tertiary/aromatic N) is 1. The lowest BCUT2D eigenvalue weighted by atomic mass is 10.0. The first-order valence-corrected chi connectivity index (χ1v) is 5.92. The minimum atomic E-state index is -1.22. The number of carbonyl (C=O) groups excluding carboxylic acids is 1. The highest BCUT2D eigenvalue weighted by Gasteiger charge is 2.24. The average Bonchev–Trinajstić information content (AvgIpc) is 2.30. The second-order valence-electron chi connectivity index (χ2n) is 4.76. The average molecular weight is 287 g/mol. The molecule has 3 N–H and O–H groups in total. The first kappa shape index (κ1) is 16.0. The van der Waals surface area contributed by atoms with Crippen LogP contribution in [0.3, 0.4) is 0 Å². The van der Waals surface area contributed by atoms with Crippen LogP contribution in [0.4, 0.5) is 20.2 Å². The number of nitrogens with one attached hydrogen (secondary N) is 1. The van der Waals surface area contributed by atoms with E-state index >= 15 is 0 Å². The topological polar surface area (TPSA) is 98.3 Å². The zero-order chi connectivity index (χ0) is 15.4. The number of halogens is 2. The summed E-state index contributed by atoms with van der Waals surface area (Å²) in [5.41, 5.74) is 4.06. The summed E-state index contributed by atoms with van der Waals surface area (Å²) in [5, 5.41) is 12.8. The molecule has 1 rings (SSSR count). The van der Waals surface area contributed by atoms with Gasteiger partial charge < -0.3 is 11.1 Å². The van der Waals surface area contributed by atoms with Crippen molar-refractivity contribution in [2.24, 2.45) is 11.7 Å². The van der Waals surface area contributed by atoms with Crippen LogP contribution in [-0.2, 0) is 4.79 Å². The fourth-order valence-corrected chi connectivity index (χ4v) is 1.66. The van der Waals surface area contributed by atoms with Crippen LogP contribution in [0.15, 0.2) is 12.1 Å².